The van der Waals surface area contributed by atoms with Crippen LogP contribution in [0.25, 0.3) is 16.7 Å². The van der Waals surface area contributed by atoms with Crippen LogP contribution in [0.2, 0.25) is 0 Å². The number of halogens is 1. The fourth-order valence-corrected chi connectivity index (χ4v) is 5.07. The standard InChI is InChI=1S/C27H29BrN6O/c1-3-9-19(2)24-30-25(22-18-29-34(26(22)31-24)20-10-5-4-6-11-20)32-14-16-33(17-15-32)27(35)21-12-7-8-13-23(21)28/h4-8,10-13,18-19H,3,9,14-17H2,1-2H3/t19-/m1/s1. The maximum Gasteiger partial charge on any atom is 0.255 e. The van der Waals surface area contributed by atoms with Gasteiger partial charge in [-0.15, -0.1) is 0 Å². The normalized spacial score (nSPS) is 14.9. The number of anilines is 1. The Bertz CT molecular complexity index is 1330. The Morgan fingerprint density at radius 1 is 1.00 bits per heavy atom. The van der Waals surface area contributed by atoms with Gasteiger partial charge in [-0.3, -0.25) is 4.79 Å². The number of amides is 1. The Morgan fingerprint density at radius 3 is 2.43 bits per heavy atom. The number of carbonyl (C=O) groups is 1. The lowest BCUT2D eigenvalue weighted by molar-refractivity contribution is 0.0745. The summed E-state index contributed by atoms with van der Waals surface area (Å²) in [6.07, 6.45) is 3.97. The highest BCUT2D eigenvalue weighted by molar-refractivity contribution is 9.10. The van der Waals surface area contributed by atoms with E-state index in [1.807, 2.05) is 70.4 Å². The minimum Gasteiger partial charge on any atom is -0.352 e. The second kappa shape index (κ2) is 10.2. The molecule has 5 rings (SSSR count). The van der Waals surface area contributed by atoms with Crippen molar-refractivity contribution < 1.29 is 4.79 Å². The zero-order chi connectivity index (χ0) is 24.4. The molecule has 0 aliphatic carbocycles. The number of rotatable bonds is 6. The first-order valence-electron chi connectivity index (χ1n) is 12.2. The fourth-order valence-electron chi connectivity index (χ4n) is 4.62. The molecule has 0 unspecified atom stereocenters. The van der Waals surface area contributed by atoms with Crippen LogP contribution in [-0.4, -0.2) is 56.7 Å². The topological polar surface area (TPSA) is 67.2 Å². The Labute approximate surface area is 213 Å². The molecular formula is C27H29BrN6O. The molecule has 1 amide bonds. The number of hydrogen-bond acceptors (Lipinski definition) is 5. The van der Waals surface area contributed by atoms with Crippen molar-refractivity contribution in [3.05, 3.63) is 76.7 Å². The van der Waals surface area contributed by atoms with Crippen molar-refractivity contribution in [3.8, 4) is 5.69 Å². The minimum atomic E-state index is 0.0547. The second-order valence-corrected chi connectivity index (χ2v) is 9.84. The van der Waals surface area contributed by atoms with Crippen molar-refractivity contribution in [1.82, 2.24) is 24.6 Å². The predicted octanol–water partition coefficient (Wildman–Crippen LogP) is 5.44. The van der Waals surface area contributed by atoms with Gasteiger partial charge in [0.2, 0.25) is 0 Å². The van der Waals surface area contributed by atoms with Gasteiger partial charge in [-0.1, -0.05) is 50.6 Å². The first-order valence-corrected chi connectivity index (χ1v) is 13.0. The number of hydrogen-bond donors (Lipinski definition) is 0. The smallest absolute Gasteiger partial charge is 0.255 e. The number of aromatic nitrogens is 4. The number of piperazine rings is 1. The van der Waals surface area contributed by atoms with Gasteiger partial charge in [0.1, 0.15) is 11.6 Å². The number of carbonyl (C=O) groups excluding carboxylic acids is 1. The highest BCUT2D eigenvalue weighted by atomic mass is 79.9. The molecule has 0 bridgehead atoms. The molecule has 0 saturated carbocycles. The number of fused-ring (bicyclic) bond motifs is 1. The molecule has 1 aliphatic heterocycles. The highest BCUT2D eigenvalue weighted by Crippen LogP contribution is 2.30. The zero-order valence-electron chi connectivity index (χ0n) is 20.1. The van der Waals surface area contributed by atoms with Gasteiger partial charge in [-0.05, 0) is 46.6 Å². The van der Waals surface area contributed by atoms with E-state index in [1.165, 1.54) is 0 Å². The molecule has 1 fully saturated rings. The lowest BCUT2D eigenvalue weighted by Gasteiger charge is -2.36. The van der Waals surface area contributed by atoms with E-state index in [-0.39, 0.29) is 11.8 Å². The summed E-state index contributed by atoms with van der Waals surface area (Å²) < 4.78 is 2.72. The van der Waals surface area contributed by atoms with Gasteiger partial charge in [0, 0.05) is 36.6 Å². The molecule has 2 aromatic carbocycles. The summed E-state index contributed by atoms with van der Waals surface area (Å²) in [6, 6.07) is 17.7. The van der Waals surface area contributed by atoms with Crippen LogP contribution < -0.4 is 4.90 Å². The summed E-state index contributed by atoms with van der Waals surface area (Å²) in [4.78, 5) is 27.3. The van der Waals surface area contributed by atoms with Crippen LogP contribution in [0.15, 0.2) is 65.3 Å². The quantitative estimate of drug-likeness (QED) is 0.330. The largest absolute Gasteiger partial charge is 0.352 e. The second-order valence-electron chi connectivity index (χ2n) is 8.98. The summed E-state index contributed by atoms with van der Waals surface area (Å²) >= 11 is 3.51. The van der Waals surface area contributed by atoms with E-state index in [0.29, 0.717) is 31.7 Å². The fraction of sp³-hybridized carbons (Fsp3) is 0.333. The Hall–Kier alpha value is -3.26. The SMILES string of the molecule is CCC[C@@H](C)c1nc(N2CCN(C(=O)c3ccccc3Br)CC2)c2cnn(-c3ccccc3)c2n1. The van der Waals surface area contributed by atoms with E-state index in [0.717, 1.165) is 45.7 Å². The summed E-state index contributed by atoms with van der Waals surface area (Å²) in [6.45, 7) is 7.06. The van der Waals surface area contributed by atoms with Crippen LogP contribution in [0, 0.1) is 0 Å². The third-order valence-corrected chi connectivity index (χ3v) is 7.25. The van der Waals surface area contributed by atoms with Crippen molar-refractivity contribution in [2.75, 3.05) is 31.1 Å². The third kappa shape index (κ3) is 4.67. The van der Waals surface area contributed by atoms with Gasteiger partial charge in [0.25, 0.3) is 5.91 Å². The zero-order valence-corrected chi connectivity index (χ0v) is 21.6. The average Bonchev–Trinajstić information content (AvgIpc) is 3.33. The molecule has 0 radical (unpaired) electrons. The van der Waals surface area contributed by atoms with Gasteiger partial charge >= 0.3 is 0 Å². The van der Waals surface area contributed by atoms with Crippen molar-refractivity contribution in [3.63, 3.8) is 0 Å². The van der Waals surface area contributed by atoms with E-state index in [4.69, 9.17) is 9.97 Å². The molecule has 0 N–H and O–H groups in total. The molecule has 8 heteroatoms. The van der Waals surface area contributed by atoms with Crippen LogP contribution in [0.5, 0.6) is 0 Å². The third-order valence-electron chi connectivity index (χ3n) is 6.56. The highest BCUT2D eigenvalue weighted by Gasteiger charge is 2.27. The summed E-state index contributed by atoms with van der Waals surface area (Å²) in [5.74, 6) is 2.06. The lowest BCUT2D eigenvalue weighted by Crippen LogP contribution is -2.49. The Kier molecular flexibility index (Phi) is 6.81. The van der Waals surface area contributed by atoms with E-state index < -0.39 is 0 Å². The molecule has 35 heavy (non-hydrogen) atoms. The van der Waals surface area contributed by atoms with Crippen molar-refractivity contribution in [2.45, 2.75) is 32.6 Å². The van der Waals surface area contributed by atoms with Crippen LogP contribution in [0.4, 0.5) is 5.82 Å². The van der Waals surface area contributed by atoms with E-state index in [2.05, 4.69) is 39.8 Å². The van der Waals surface area contributed by atoms with Crippen molar-refractivity contribution in [2.24, 2.45) is 0 Å². The molecule has 7 nitrogen and oxygen atoms in total. The molecule has 1 aliphatic rings. The van der Waals surface area contributed by atoms with E-state index in [9.17, 15) is 4.79 Å². The summed E-state index contributed by atoms with van der Waals surface area (Å²) in [5.41, 5.74) is 2.50. The molecule has 1 atom stereocenters. The van der Waals surface area contributed by atoms with Gasteiger partial charge in [0.05, 0.1) is 22.8 Å². The molecule has 0 spiro atoms. The first kappa shape index (κ1) is 23.5. The molecule has 1 saturated heterocycles. The predicted molar refractivity (Wildman–Crippen MR) is 142 cm³/mol. The van der Waals surface area contributed by atoms with Gasteiger partial charge in [-0.2, -0.15) is 5.10 Å². The van der Waals surface area contributed by atoms with Gasteiger partial charge < -0.3 is 9.80 Å². The number of benzene rings is 2. The van der Waals surface area contributed by atoms with Crippen LogP contribution in [0.1, 0.15) is 48.8 Å². The summed E-state index contributed by atoms with van der Waals surface area (Å²) in [5, 5.41) is 5.61. The minimum absolute atomic E-state index is 0.0547. The molecule has 3 heterocycles. The number of nitrogens with zero attached hydrogens (tertiary/aromatic N) is 6. The lowest BCUT2D eigenvalue weighted by atomic mass is 10.1. The van der Waals surface area contributed by atoms with Crippen molar-refractivity contribution in [1.29, 1.82) is 0 Å². The van der Waals surface area contributed by atoms with E-state index >= 15 is 0 Å². The van der Waals surface area contributed by atoms with Crippen LogP contribution in [0.3, 0.4) is 0 Å². The van der Waals surface area contributed by atoms with Crippen LogP contribution >= 0.6 is 15.9 Å². The summed E-state index contributed by atoms with van der Waals surface area (Å²) in [7, 11) is 0. The monoisotopic (exact) mass is 532 g/mol. The molecule has 4 aromatic rings. The van der Waals surface area contributed by atoms with Crippen molar-refractivity contribution >= 4 is 38.7 Å². The Balaban J connectivity index is 1.46. The van der Waals surface area contributed by atoms with Gasteiger partial charge in [0.15, 0.2) is 5.65 Å². The molecule has 2 aromatic heterocycles. The molecular weight excluding hydrogens is 504 g/mol. The van der Waals surface area contributed by atoms with E-state index in [1.54, 1.807) is 0 Å². The maximum atomic E-state index is 13.1. The Morgan fingerprint density at radius 2 is 1.71 bits per heavy atom. The average molecular weight is 533 g/mol. The molecule has 180 valence electrons. The van der Waals surface area contributed by atoms with Crippen LogP contribution in [-0.2, 0) is 0 Å². The first-order chi connectivity index (χ1) is 17.1. The number of para-hydroxylation sites is 1. The maximum absolute atomic E-state index is 13.1. The van der Waals surface area contributed by atoms with Gasteiger partial charge in [-0.25, -0.2) is 14.6 Å².